The molecule has 0 saturated carbocycles. The fraction of sp³-hybridized carbons (Fsp3) is 0.143. The minimum absolute atomic E-state index is 0.210. The molecule has 4 rings (SSSR count). The Labute approximate surface area is 220 Å². The van der Waals surface area contributed by atoms with Crippen LogP contribution in [0.3, 0.4) is 0 Å². The van der Waals surface area contributed by atoms with Crippen molar-refractivity contribution in [2.24, 2.45) is 4.99 Å². The van der Waals surface area contributed by atoms with Gasteiger partial charge >= 0.3 is 18.0 Å². The maximum absolute atomic E-state index is 12.0. The first-order chi connectivity index (χ1) is 18.4. The molecule has 0 bridgehead atoms. The molecule has 0 radical (unpaired) electrons. The van der Waals surface area contributed by atoms with Gasteiger partial charge in [0.2, 0.25) is 0 Å². The van der Waals surface area contributed by atoms with E-state index in [1.165, 1.54) is 11.1 Å². The summed E-state index contributed by atoms with van der Waals surface area (Å²) in [6.45, 7) is 2.20. The van der Waals surface area contributed by atoms with Gasteiger partial charge in [-0.15, -0.1) is 0 Å². The number of urea groups is 1. The zero-order valence-corrected chi connectivity index (χ0v) is 20.6. The summed E-state index contributed by atoms with van der Waals surface area (Å²) in [5, 5.41) is 27.8. The second-order valence-electron chi connectivity index (χ2n) is 8.16. The van der Waals surface area contributed by atoms with Crippen molar-refractivity contribution in [2.75, 3.05) is 23.7 Å². The molecule has 196 valence electrons. The molecule has 0 unspecified atom stereocenters. The number of carbonyl (C=O) groups is 3. The summed E-state index contributed by atoms with van der Waals surface area (Å²) in [5.74, 6) is -1.68. The summed E-state index contributed by atoms with van der Waals surface area (Å²) in [7, 11) is 0. The number of amides is 2. The number of nitrogens with zero attached hydrogens (tertiary/aromatic N) is 1. The van der Waals surface area contributed by atoms with Crippen molar-refractivity contribution in [2.45, 2.75) is 13.0 Å². The number of nitrogens with one attached hydrogen (secondary N) is 4. The van der Waals surface area contributed by atoms with Crippen LogP contribution in [0.15, 0.2) is 96.0 Å². The van der Waals surface area contributed by atoms with Crippen molar-refractivity contribution in [3.8, 4) is 0 Å². The molecule has 1 aliphatic heterocycles. The Bertz CT molecular complexity index is 1260. The summed E-state index contributed by atoms with van der Waals surface area (Å²) in [4.78, 5) is 35.4. The van der Waals surface area contributed by atoms with Crippen molar-refractivity contribution < 1.29 is 24.6 Å². The molecule has 0 fully saturated rings. The Balaban J connectivity index is 0.000000436. The van der Waals surface area contributed by atoms with Gasteiger partial charge in [0.25, 0.3) is 0 Å². The molecule has 6 N–H and O–H groups in total. The molecule has 0 spiro atoms. The van der Waals surface area contributed by atoms with E-state index in [9.17, 15) is 14.4 Å². The Hall–Kier alpha value is -5.12. The maximum Gasteiger partial charge on any atom is 0.328 e. The number of para-hydroxylation sites is 1. The Morgan fingerprint density at radius 1 is 0.789 bits per heavy atom. The van der Waals surface area contributed by atoms with Crippen molar-refractivity contribution in [1.82, 2.24) is 10.6 Å². The molecule has 2 amide bonds. The number of carboxylic acid groups (broad SMARTS) is 2. The molecule has 3 aromatic carbocycles. The lowest BCUT2D eigenvalue weighted by Crippen LogP contribution is -2.28. The number of aliphatic imine (C=N–C) groups is 1. The van der Waals surface area contributed by atoms with E-state index in [0.717, 1.165) is 42.4 Å². The van der Waals surface area contributed by atoms with Gasteiger partial charge in [-0.3, -0.25) is 4.99 Å². The lowest BCUT2D eigenvalue weighted by molar-refractivity contribution is -0.134. The molecule has 10 nitrogen and oxygen atoms in total. The van der Waals surface area contributed by atoms with Gasteiger partial charge in [-0.1, -0.05) is 54.6 Å². The topological polar surface area (TPSA) is 152 Å². The molecular formula is C28H29N5O5. The quantitative estimate of drug-likeness (QED) is 0.250. The van der Waals surface area contributed by atoms with Gasteiger partial charge in [-0.25, -0.2) is 14.4 Å². The maximum atomic E-state index is 12.0. The van der Waals surface area contributed by atoms with Crippen LogP contribution in [0.1, 0.15) is 16.7 Å². The van der Waals surface area contributed by atoms with Crippen LogP contribution in [0.2, 0.25) is 0 Å². The van der Waals surface area contributed by atoms with Crippen LogP contribution in [-0.4, -0.2) is 47.2 Å². The zero-order valence-electron chi connectivity index (χ0n) is 20.6. The largest absolute Gasteiger partial charge is 0.478 e. The van der Waals surface area contributed by atoms with Crippen LogP contribution in [0.4, 0.5) is 16.2 Å². The first kappa shape index (κ1) is 27.5. The molecule has 38 heavy (non-hydrogen) atoms. The number of carbonyl (C=O) groups excluding carboxylic acids is 1. The number of hydrogen-bond acceptors (Lipinski definition) is 6. The molecule has 1 aliphatic rings. The van der Waals surface area contributed by atoms with Crippen molar-refractivity contribution in [1.29, 1.82) is 0 Å². The molecule has 0 aromatic heterocycles. The highest BCUT2D eigenvalue weighted by molar-refractivity contribution is 5.94. The standard InChI is InChI=1S/C24H25N5O.C4H4O4/c30-24(29-21-4-2-1-3-5-21)27-17-20-8-6-18(7-9-20)16-19-10-12-22(13-11-19)28-23-25-14-15-26-23;5-3(6)1-2-4(7)8/h1-13H,14-17H2,(H2,25,26,28)(H2,27,29,30);1-2H,(H,5,6)(H,7,8)/b;2-1+. The van der Waals surface area contributed by atoms with E-state index in [-0.39, 0.29) is 6.03 Å². The smallest absolute Gasteiger partial charge is 0.328 e. The van der Waals surface area contributed by atoms with E-state index in [2.05, 4.69) is 74.8 Å². The Morgan fingerprint density at radius 3 is 1.92 bits per heavy atom. The average Bonchev–Trinajstić information content (AvgIpc) is 3.42. The monoisotopic (exact) mass is 515 g/mol. The fourth-order valence-electron chi connectivity index (χ4n) is 3.36. The summed E-state index contributed by atoms with van der Waals surface area (Å²) >= 11 is 0. The third-order valence-corrected chi connectivity index (χ3v) is 5.18. The van der Waals surface area contributed by atoms with Crippen molar-refractivity contribution in [3.63, 3.8) is 0 Å². The van der Waals surface area contributed by atoms with Crippen LogP contribution in [0.25, 0.3) is 0 Å². The van der Waals surface area contributed by atoms with Gasteiger partial charge in [0.1, 0.15) is 0 Å². The Morgan fingerprint density at radius 2 is 1.37 bits per heavy atom. The highest BCUT2D eigenvalue weighted by Gasteiger charge is 2.05. The molecular weight excluding hydrogens is 486 g/mol. The number of carboxylic acids is 2. The lowest BCUT2D eigenvalue weighted by Gasteiger charge is -2.09. The highest BCUT2D eigenvalue weighted by atomic mass is 16.4. The highest BCUT2D eigenvalue weighted by Crippen LogP contribution is 2.15. The normalized spacial score (nSPS) is 11.9. The van der Waals surface area contributed by atoms with Gasteiger partial charge in [0.15, 0.2) is 5.96 Å². The van der Waals surface area contributed by atoms with Crippen LogP contribution < -0.4 is 21.3 Å². The second kappa shape index (κ2) is 14.4. The predicted octanol–water partition coefficient (Wildman–Crippen LogP) is 3.68. The number of aliphatic carboxylic acids is 2. The number of guanidine groups is 1. The molecule has 0 saturated heterocycles. The first-order valence-corrected chi connectivity index (χ1v) is 11.8. The van der Waals surface area contributed by atoms with Gasteiger partial charge in [-0.2, -0.15) is 0 Å². The number of hydrogen-bond donors (Lipinski definition) is 6. The molecule has 3 aromatic rings. The van der Waals surface area contributed by atoms with Crippen molar-refractivity contribution in [3.05, 3.63) is 108 Å². The number of anilines is 2. The van der Waals surface area contributed by atoms with E-state index in [1.54, 1.807) is 0 Å². The molecule has 1 heterocycles. The van der Waals surface area contributed by atoms with E-state index in [0.29, 0.717) is 18.7 Å². The number of rotatable bonds is 8. The SMILES string of the molecule is O=C(NCc1ccc(Cc2ccc(NC3=NCCN3)cc2)cc1)Nc1ccccc1.O=C(O)/C=C/C(=O)O. The van der Waals surface area contributed by atoms with Gasteiger partial charge in [0, 0.05) is 36.6 Å². The minimum atomic E-state index is -1.26. The minimum Gasteiger partial charge on any atom is -0.478 e. The summed E-state index contributed by atoms with van der Waals surface area (Å²) in [6, 6.07) is 25.9. The summed E-state index contributed by atoms with van der Waals surface area (Å²) < 4.78 is 0. The first-order valence-electron chi connectivity index (χ1n) is 11.8. The van der Waals surface area contributed by atoms with E-state index < -0.39 is 11.9 Å². The Kier molecular flexibility index (Phi) is 10.4. The fourth-order valence-corrected chi connectivity index (χ4v) is 3.36. The summed E-state index contributed by atoms with van der Waals surface area (Å²) in [5.41, 5.74) is 5.34. The average molecular weight is 516 g/mol. The van der Waals surface area contributed by atoms with Gasteiger partial charge < -0.3 is 31.5 Å². The van der Waals surface area contributed by atoms with Crippen LogP contribution in [-0.2, 0) is 22.6 Å². The van der Waals surface area contributed by atoms with E-state index in [4.69, 9.17) is 10.2 Å². The van der Waals surface area contributed by atoms with E-state index >= 15 is 0 Å². The molecule has 0 atom stereocenters. The van der Waals surface area contributed by atoms with Crippen molar-refractivity contribution >= 4 is 35.3 Å². The third kappa shape index (κ3) is 10.2. The van der Waals surface area contributed by atoms with Crippen LogP contribution in [0.5, 0.6) is 0 Å². The lowest BCUT2D eigenvalue weighted by atomic mass is 10.0. The zero-order chi connectivity index (χ0) is 27.2. The van der Waals surface area contributed by atoms with Crippen LogP contribution >= 0.6 is 0 Å². The second-order valence-corrected chi connectivity index (χ2v) is 8.16. The summed E-state index contributed by atoms with van der Waals surface area (Å²) in [6.07, 6.45) is 1.98. The number of benzene rings is 3. The van der Waals surface area contributed by atoms with E-state index in [1.807, 2.05) is 30.3 Å². The third-order valence-electron chi connectivity index (χ3n) is 5.18. The predicted molar refractivity (Wildman–Crippen MR) is 146 cm³/mol. The van der Waals surface area contributed by atoms with Gasteiger partial charge in [0.05, 0.1) is 6.54 Å². The van der Waals surface area contributed by atoms with Gasteiger partial charge in [-0.05, 0) is 47.4 Å². The molecule has 0 aliphatic carbocycles. The van der Waals surface area contributed by atoms with Crippen LogP contribution in [0, 0.1) is 0 Å². The molecule has 10 heteroatoms.